The minimum absolute atomic E-state index is 0.643. The van der Waals surface area contributed by atoms with Crippen molar-refractivity contribution in [2.75, 3.05) is 0 Å². The van der Waals surface area contributed by atoms with Crippen molar-refractivity contribution in [3.8, 4) is 6.07 Å². The maximum absolute atomic E-state index is 9.05. The van der Waals surface area contributed by atoms with E-state index in [4.69, 9.17) is 16.9 Å². The third kappa shape index (κ3) is 2.93. The molecule has 1 aliphatic carbocycles. The van der Waals surface area contributed by atoms with Crippen LogP contribution in [0.15, 0.2) is 23.1 Å². The van der Waals surface area contributed by atoms with E-state index in [9.17, 15) is 0 Å². The molecule has 1 aliphatic rings. The van der Waals surface area contributed by atoms with Crippen molar-refractivity contribution in [3.63, 3.8) is 0 Å². The number of halogens is 1. The zero-order valence-corrected chi connectivity index (χ0v) is 10.7. The van der Waals surface area contributed by atoms with E-state index in [0.717, 1.165) is 4.90 Å². The normalized spacial score (nSPS) is 17.0. The van der Waals surface area contributed by atoms with Gasteiger partial charge in [-0.2, -0.15) is 5.26 Å². The minimum Gasteiger partial charge on any atom is -0.192 e. The Morgan fingerprint density at radius 2 is 2.00 bits per heavy atom. The smallest absolute Gasteiger partial charge is 0.100 e. The minimum atomic E-state index is 0.643. The number of rotatable bonds is 2. The van der Waals surface area contributed by atoms with Crippen molar-refractivity contribution in [2.24, 2.45) is 0 Å². The molecule has 1 saturated carbocycles. The highest BCUT2D eigenvalue weighted by Crippen LogP contribution is 2.35. The summed E-state index contributed by atoms with van der Waals surface area (Å²) in [6, 6.07) is 7.82. The fraction of sp³-hybridized carbons (Fsp3) is 0.462. The van der Waals surface area contributed by atoms with E-state index in [2.05, 4.69) is 6.07 Å². The van der Waals surface area contributed by atoms with Gasteiger partial charge in [0.25, 0.3) is 0 Å². The van der Waals surface area contributed by atoms with Crippen LogP contribution in [0.25, 0.3) is 0 Å². The van der Waals surface area contributed by atoms with Gasteiger partial charge in [-0.3, -0.25) is 0 Å². The summed E-state index contributed by atoms with van der Waals surface area (Å²) in [5.41, 5.74) is 0.711. The van der Waals surface area contributed by atoms with E-state index in [1.54, 1.807) is 6.07 Å². The van der Waals surface area contributed by atoms with E-state index in [-0.39, 0.29) is 0 Å². The molecule has 1 aromatic carbocycles. The molecule has 0 aromatic heterocycles. The molecule has 16 heavy (non-hydrogen) atoms. The molecule has 0 saturated heterocycles. The maximum atomic E-state index is 9.05. The van der Waals surface area contributed by atoms with Gasteiger partial charge in [-0.25, -0.2) is 0 Å². The zero-order chi connectivity index (χ0) is 11.4. The molecule has 0 aliphatic heterocycles. The molecule has 0 N–H and O–H groups in total. The van der Waals surface area contributed by atoms with Crippen molar-refractivity contribution in [1.29, 1.82) is 5.26 Å². The maximum Gasteiger partial charge on any atom is 0.100 e. The Kier molecular flexibility index (Phi) is 4.15. The lowest BCUT2D eigenvalue weighted by atomic mass is 10.0. The molecule has 0 bridgehead atoms. The molecule has 0 heterocycles. The molecule has 2 rings (SSSR count). The predicted octanol–water partition coefficient (Wildman–Crippen LogP) is 4.64. The molecule has 0 atom stereocenters. The lowest BCUT2D eigenvalue weighted by Crippen LogP contribution is -2.07. The van der Waals surface area contributed by atoms with E-state index in [0.29, 0.717) is 15.8 Å². The van der Waals surface area contributed by atoms with Crippen LogP contribution in [0.5, 0.6) is 0 Å². The van der Waals surface area contributed by atoms with E-state index < -0.39 is 0 Å². The summed E-state index contributed by atoms with van der Waals surface area (Å²) in [5.74, 6) is 0. The second-order valence-electron chi connectivity index (χ2n) is 4.13. The molecular formula is C13H14ClNS. The van der Waals surface area contributed by atoms with Crippen molar-refractivity contribution < 1.29 is 0 Å². The summed E-state index contributed by atoms with van der Waals surface area (Å²) >= 11 is 7.72. The monoisotopic (exact) mass is 251 g/mol. The quantitative estimate of drug-likeness (QED) is 0.765. The first-order chi connectivity index (χ1) is 7.79. The Morgan fingerprint density at radius 3 is 2.69 bits per heavy atom. The van der Waals surface area contributed by atoms with Gasteiger partial charge in [-0.15, -0.1) is 11.8 Å². The van der Waals surface area contributed by atoms with Gasteiger partial charge in [-0.1, -0.05) is 30.9 Å². The average molecular weight is 252 g/mol. The summed E-state index contributed by atoms with van der Waals surface area (Å²) in [4.78, 5) is 1.08. The molecule has 1 aromatic rings. The second-order valence-corrected chi connectivity index (χ2v) is 5.91. The Labute approximate surface area is 106 Å². The zero-order valence-electron chi connectivity index (χ0n) is 9.08. The summed E-state index contributed by atoms with van der Waals surface area (Å²) < 4.78 is 0. The van der Waals surface area contributed by atoms with Gasteiger partial charge in [0, 0.05) is 15.2 Å². The molecular weight excluding hydrogens is 238 g/mol. The average Bonchev–Trinajstić information content (AvgIpc) is 2.33. The van der Waals surface area contributed by atoms with Crippen molar-refractivity contribution >= 4 is 23.4 Å². The van der Waals surface area contributed by atoms with Crippen molar-refractivity contribution in [2.45, 2.75) is 42.2 Å². The van der Waals surface area contributed by atoms with Crippen LogP contribution in [0.4, 0.5) is 0 Å². The third-order valence-corrected chi connectivity index (χ3v) is 4.56. The van der Waals surface area contributed by atoms with Gasteiger partial charge in [0.1, 0.15) is 6.07 Å². The van der Waals surface area contributed by atoms with Gasteiger partial charge in [-0.05, 0) is 31.0 Å². The van der Waals surface area contributed by atoms with Crippen LogP contribution in [-0.2, 0) is 0 Å². The Morgan fingerprint density at radius 1 is 1.25 bits per heavy atom. The van der Waals surface area contributed by atoms with Crippen LogP contribution in [0.2, 0.25) is 5.02 Å². The van der Waals surface area contributed by atoms with Crippen molar-refractivity contribution in [1.82, 2.24) is 0 Å². The molecule has 0 radical (unpaired) electrons. The van der Waals surface area contributed by atoms with Crippen LogP contribution in [0.3, 0.4) is 0 Å². The topological polar surface area (TPSA) is 23.8 Å². The number of benzene rings is 1. The highest BCUT2D eigenvalue weighted by Gasteiger charge is 2.16. The van der Waals surface area contributed by atoms with Crippen LogP contribution >= 0.6 is 23.4 Å². The fourth-order valence-electron chi connectivity index (χ4n) is 2.05. The Balaban J connectivity index is 2.11. The first-order valence-corrected chi connectivity index (χ1v) is 6.91. The molecule has 3 heteroatoms. The largest absolute Gasteiger partial charge is 0.192 e. The number of hydrogen-bond acceptors (Lipinski definition) is 2. The van der Waals surface area contributed by atoms with Gasteiger partial charge in [0.2, 0.25) is 0 Å². The standard InChI is InChI=1S/C13H14ClNS/c14-11-6-7-13(10(8-11)9-15)16-12-4-2-1-3-5-12/h6-8,12H,1-5H2. The van der Waals surface area contributed by atoms with Gasteiger partial charge in [0.15, 0.2) is 0 Å². The van der Waals surface area contributed by atoms with Crippen LogP contribution in [-0.4, -0.2) is 5.25 Å². The van der Waals surface area contributed by atoms with Crippen molar-refractivity contribution in [3.05, 3.63) is 28.8 Å². The summed E-state index contributed by atoms with van der Waals surface area (Å²) in [6.45, 7) is 0. The number of hydrogen-bond donors (Lipinski definition) is 0. The summed E-state index contributed by atoms with van der Waals surface area (Å²) in [5, 5.41) is 10.4. The number of thioether (sulfide) groups is 1. The van der Waals surface area contributed by atoms with E-state index in [1.165, 1.54) is 32.1 Å². The van der Waals surface area contributed by atoms with E-state index >= 15 is 0 Å². The molecule has 0 amide bonds. The van der Waals surface area contributed by atoms with Gasteiger partial charge >= 0.3 is 0 Å². The predicted molar refractivity (Wildman–Crippen MR) is 68.9 cm³/mol. The van der Waals surface area contributed by atoms with Crippen LogP contribution in [0, 0.1) is 11.3 Å². The first-order valence-electron chi connectivity index (χ1n) is 5.66. The summed E-state index contributed by atoms with van der Waals surface area (Å²) in [6.07, 6.45) is 6.57. The number of nitriles is 1. The highest BCUT2D eigenvalue weighted by atomic mass is 35.5. The lowest BCUT2D eigenvalue weighted by molar-refractivity contribution is 0.516. The SMILES string of the molecule is N#Cc1cc(Cl)ccc1SC1CCCCC1. The number of nitrogens with zero attached hydrogens (tertiary/aromatic N) is 1. The van der Waals surface area contributed by atoms with Gasteiger partial charge in [0.05, 0.1) is 5.56 Å². The fourth-order valence-corrected chi connectivity index (χ4v) is 3.53. The Bertz CT molecular complexity index is 405. The first kappa shape index (κ1) is 11.8. The summed E-state index contributed by atoms with van der Waals surface area (Å²) in [7, 11) is 0. The Hall–Kier alpha value is -0.650. The van der Waals surface area contributed by atoms with Gasteiger partial charge < -0.3 is 0 Å². The molecule has 84 valence electrons. The molecule has 1 fully saturated rings. The molecule has 0 spiro atoms. The van der Waals surface area contributed by atoms with Crippen LogP contribution in [0.1, 0.15) is 37.7 Å². The van der Waals surface area contributed by atoms with E-state index in [1.807, 2.05) is 23.9 Å². The van der Waals surface area contributed by atoms with Crippen LogP contribution < -0.4 is 0 Å². The second kappa shape index (κ2) is 5.61. The highest BCUT2D eigenvalue weighted by molar-refractivity contribution is 8.00. The lowest BCUT2D eigenvalue weighted by Gasteiger charge is -2.21. The third-order valence-electron chi connectivity index (χ3n) is 2.91. The molecule has 1 nitrogen and oxygen atoms in total. The molecule has 0 unspecified atom stereocenters.